The molecule has 0 atom stereocenters. The summed E-state index contributed by atoms with van der Waals surface area (Å²) in [4.78, 5) is 11.3. The minimum atomic E-state index is -4.12. The summed E-state index contributed by atoms with van der Waals surface area (Å²) in [6, 6.07) is 10.8. The number of ether oxygens (including phenoxy) is 2. The van der Waals surface area contributed by atoms with Gasteiger partial charge < -0.3 is 14.6 Å². The van der Waals surface area contributed by atoms with Crippen LogP contribution in [0.5, 0.6) is 11.5 Å². The van der Waals surface area contributed by atoms with Crippen molar-refractivity contribution in [2.24, 2.45) is 0 Å². The van der Waals surface area contributed by atoms with Gasteiger partial charge in [-0.2, -0.15) is 0 Å². The maximum Gasteiger partial charge on any atom is 0.324 e. The van der Waals surface area contributed by atoms with E-state index < -0.39 is 22.5 Å². The highest BCUT2D eigenvalue weighted by atomic mass is 32.2. The van der Waals surface area contributed by atoms with Crippen molar-refractivity contribution in [3.05, 3.63) is 48.0 Å². The Balaban J connectivity index is 2.59. The predicted molar refractivity (Wildman–Crippen MR) is 97.5 cm³/mol. The van der Waals surface area contributed by atoms with Gasteiger partial charge in [0.2, 0.25) is 0 Å². The van der Waals surface area contributed by atoms with Gasteiger partial charge in [0.15, 0.2) is 0 Å². The van der Waals surface area contributed by atoms with Crippen LogP contribution < -0.4 is 13.8 Å². The third-order valence-electron chi connectivity index (χ3n) is 3.67. The first kappa shape index (κ1) is 19.6. The molecule has 0 aliphatic heterocycles. The summed E-state index contributed by atoms with van der Waals surface area (Å²) >= 11 is 0. The van der Waals surface area contributed by atoms with Gasteiger partial charge in [0.25, 0.3) is 10.0 Å². The summed E-state index contributed by atoms with van der Waals surface area (Å²) in [5.41, 5.74) is 0.798. The number of nitrogens with zero attached hydrogens (tertiary/aromatic N) is 1. The molecule has 1 N–H and O–H groups in total. The molecule has 0 amide bonds. The highest BCUT2D eigenvalue weighted by Gasteiger charge is 2.29. The molecule has 0 spiro atoms. The zero-order valence-corrected chi connectivity index (χ0v) is 15.6. The minimum absolute atomic E-state index is 0.0247. The van der Waals surface area contributed by atoms with Gasteiger partial charge in [0.05, 0.1) is 24.3 Å². The topological polar surface area (TPSA) is 93.1 Å². The first-order valence-electron chi connectivity index (χ1n) is 7.92. The number of hydrogen-bond donors (Lipinski definition) is 1. The fourth-order valence-corrected chi connectivity index (χ4v) is 4.01. The lowest BCUT2D eigenvalue weighted by Crippen LogP contribution is -2.36. The van der Waals surface area contributed by atoms with Crippen molar-refractivity contribution in [2.75, 3.05) is 24.6 Å². The Kier molecular flexibility index (Phi) is 6.10. The molecular weight excluding hydrogens is 358 g/mol. The normalized spacial score (nSPS) is 11.0. The Morgan fingerprint density at radius 2 is 1.85 bits per heavy atom. The molecule has 2 rings (SSSR count). The summed E-state index contributed by atoms with van der Waals surface area (Å²) in [5.74, 6) is -0.432. The van der Waals surface area contributed by atoms with Crippen molar-refractivity contribution in [3.63, 3.8) is 0 Å². The lowest BCUT2D eigenvalue weighted by atomic mass is 10.2. The number of methoxy groups -OCH3 is 1. The second kappa shape index (κ2) is 8.09. The molecule has 0 aliphatic carbocycles. The summed E-state index contributed by atoms with van der Waals surface area (Å²) in [6.45, 7) is 3.07. The molecule has 0 saturated carbocycles. The van der Waals surface area contributed by atoms with E-state index in [2.05, 4.69) is 0 Å². The summed E-state index contributed by atoms with van der Waals surface area (Å²) < 4.78 is 37.7. The molecule has 0 unspecified atom stereocenters. The van der Waals surface area contributed by atoms with Crippen LogP contribution in [-0.2, 0) is 14.8 Å². The maximum atomic E-state index is 13.1. The fraction of sp³-hybridized carbons (Fsp3) is 0.278. The molecule has 0 fully saturated rings. The van der Waals surface area contributed by atoms with E-state index in [1.54, 1.807) is 32.0 Å². The standard InChI is InChI=1S/C18H21NO6S/c1-4-25-17-8-6-5-7-15(17)19(12-18(20)21)26(22,23)14-9-10-16(24-3)13(2)11-14/h5-11H,4,12H2,1-3H3,(H,20,21). The van der Waals surface area contributed by atoms with Gasteiger partial charge in [-0.05, 0) is 49.7 Å². The number of aryl methyl sites for hydroxylation is 1. The highest BCUT2D eigenvalue weighted by molar-refractivity contribution is 7.92. The number of hydrogen-bond acceptors (Lipinski definition) is 5. The zero-order valence-electron chi connectivity index (χ0n) is 14.8. The third kappa shape index (κ3) is 4.08. The van der Waals surface area contributed by atoms with Crippen LogP contribution >= 0.6 is 0 Å². The lowest BCUT2D eigenvalue weighted by Gasteiger charge is -2.25. The smallest absolute Gasteiger partial charge is 0.324 e. The van der Waals surface area contributed by atoms with Gasteiger partial charge in [-0.15, -0.1) is 0 Å². The van der Waals surface area contributed by atoms with Crippen molar-refractivity contribution in [1.82, 2.24) is 0 Å². The fourth-order valence-electron chi connectivity index (χ4n) is 2.50. The Bertz CT molecular complexity index is 894. The summed E-state index contributed by atoms with van der Waals surface area (Å²) in [6.07, 6.45) is 0. The van der Waals surface area contributed by atoms with Crippen molar-refractivity contribution >= 4 is 21.7 Å². The lowest BCUT2D eigenvalue weighted by molar-refractivity contribution is -0.135. The Hall–Kier alpha value is -2.74. The number of para-hydroxylation sites is 2. The molecule has 0 bridgehead atoms. The molecule has 8 heteroatoms. The van der Waals surface area contributed by atoms with Crippen LogP contribution in [0.25, 0.3) is 0 Å². The zero-order chi connectivity index (χ0) is 19.3. The van der Waals surface area contributed by atoms with Crippen molar-refractivity contribution in [1.29, 1.82) is 0 Å². The molecule has 0 aliphatic rings. The van der Waals surface area contributed by atoms with Gasteiger partial charge in [0, 0.05) is 0 Å². The Morgan fingerprint density at radius 3 is 2.42 bits per heavy atom. The van der Waals surface area contributed by atoms with Gasteiger partial charge in [-0.25, -0.2) is 8.42 Å². The first-order chi connectivity index (χ1) is 12.3. The Labute approximate surface area is 152 Å². The maximum absolute atomic E-state index is 13.1. The number of carboxylic acid groups (broad SMARTS) is 1. The average molecular weight is 379 g/mol. The van der Waals surface area contributed by atoms with Gasteiger partial charge in [0.1, 0.15) is 18.0 Å². The van der Waals surface area contributed by atoms with Crippen molar-refractivity contribution in [2.45, 2.75) is 18.7 Å². The number of benzene rings is 2. The predicted octanol–water partition coefficient (Wildman–Crippen LogP) is 2.68. The van der Waals surface area contributed by atoms with E-state index in [0.29, 0.717) is 23.7 Å². The molecular formula is C18H21NO6S. The van der Waals surface area contributed by atoms with E-state index in [0.717, 1.165) is 4.31 Å². The monoisotopic (exact) mass is 379 g/mol. The second-order valence-electron chi connectivity index (χ2n) is 5.44. The molecule has 26 heavy (non-hydrogen) atoms. The van der Waals surface area contributed by atoms with Crippen LogP contribution in [0.15, 0.2) is 47.4 Å². The molecule has 2 aromatic carbocycles. The van der Waals surface area contributed by atoms with E-state index in [-0.39, 0.29) is 10.6 Å². The van der Waals surface area contributed by atoms with Crippen LogP contribution in [0, 0.1) is 6.92 Å². The molecule has 140 valence electrons. The molecule has 0 heterocycles. The molecule has 0 saturated heterocycles. The van der Waals surface area contributed by atoms with E-state index >= 15 is 0 Å². The molecule has 7 nitrogen and oxygen atoms in total. The number of aliphatic carboxylic acids is 1. The third-order valence-corrected chi connectivity index (χ3v) is 5.42. The summed E-state index contributed by atoms with van der Waals surface area (Å²) in [7, 11) is -2.63. The van der Waals surface area contributed by atoms with E-state index in [1.165, 1.54) is 31.4 Å². The molecule has 2 aromatic rings. The van der Waals surface area contributed by atoms with Crippen LogP contribution in [0.3, 0.4) is 0 Å². The van der Waals surface area contributed by atoms with Gasteiger partial charge >= 0.3 is 5.97 Å². The highest BCUT2D eigenvalue weighted by Crippen LogP contribution is 2.33. The minimum Gasteiger partial charge on any atom is -0.496 e. The second-order valence-corrected chi connectivity index (χ2v) is 7.30. The number of anilines is 1. The van der Waals surface area contributed by atoms with Crippen LogP contribution in [0.1, 0.15) is 12.5 Å². The number of sulfonamides is 1. The average Bonchev–Trinajstić information content (AvgIpc) is 2.60. The van der Waals surface area contributed by atoms with Crippen molar-refractivity contribution < 1.29 is 27.8 Å². The first-order valence-corrected chi connectivity index (χ1v) is 9.36. The largest absolute Gasteiger partial charge is 0.496 e. The number of carbonyl (C=O) groups is 1. The van der Waals surface area contributed by atoms with Crippen LogP contribution in [0.2, 0.25) is 0 Å². The van der Waals surface area contributed by atoms with Crippen LogP contribution in [-0.4, -0.2) is 39.8 Å². The van der Waals surface area contributed by atoms with Gasteiger partial charge in [-0.1, -0.05) is 12.1 Å². The van der Waals surface area contributed by atoms with Gasteiger partial charge in [-0.3, -0.25) is 9.10 Å². The number of rotatable bonds is 8. The SMILES string of the molecule is CCOc1ccccc1N(CC(=O)O)S(=O)(=O)c1ccc(OC)c(C)c1. The van der Waals surface area contributed by atoms with Crippen LogP contribution in [0.4, 0.5) is 5.69 Å². The van der Waals surface area contributed by atoms with E-state index in [1.807, 2.05) is 0 Å². The van der Waals surface area contributed by atoms with E-state index in [4.69, 9.17) is 9.47 Å². The summed E-state index contributed by atoms with van der Waals surface area (Å²) in [5, 5.41) is 9.25. The number of carboxylic acids is 1. The molecule has 0 radical (unpaired) electrons. The quantitative estimate of drug-likeness (QED) is 0.758. The Morgan fingerprint density at radius 1 is 1.15 bits per heavy atom. The molecule has 0 aromatic heterocycles. The van der Waals surface area contributed by atoms with E-state index in [9.17, 15) is 18.3 Å². The van der Waals surface area contributed by atoms with Crippen molar-refractivity contribution in [3.8, 4) is 11.5 Å².